The van der Waals surface area contributed by atoms with Crippen LogP contribution in [0.1, 0.15) is 260 Å². The molecule has 2 amide bonds. The average molecular weight is 1270 g/mol. The number of rotatable bonds is 54. The van der Waals surface area contributed by atoms with E-state index in [0.717, 1.165) is 38.5 Å². The minimum Gasteiger partial charge on any atom is -0.462 e. The normalized spacial score (nSPS) is 12.1. The maximum atomic E-state index is 12.9. The van der Waals surface area contributed by atoms with E-state index in [2.05, 4.69) is 24.5 Å². The van der Waals surface area contributed by atoms with E-state index >= 15 is 0 Å². The Kier molecular flexibility index (Phi) is 42.9. The third kappa shape index (κ3) is 40.9. The molecule has 3 aromatic rings. The number of nitro groups is 1. The zero-order valence-electron chi connectivity index (χ0n) is 53.4. The number of non-ortho nitro benzene ring substituents is 1. The number of hydrogen-bond acceptors (Lipinski definition) is 16. The number of ether oxygens (including phenoxy) is 5. The number of phosphoric acid groups is 1. The number of phosphoric ester groups is 1. The summed E-state index contributed by atoms with van der Waals surface area (Å²) in [5, 5.41) is 16.2. The van der Waals surface area contributed by atoms with Crippen molar-refractivity contribution < 1.29 is 75.9 Å². The Morgan fingerprint density at radius 2 is 0.933 bits per heavy atom. The van der Waals surface area contributed by atoms with Gasteiger partial charge in [-0.15, -0.1) is 0 Å². The Labute approximate surface area is 529 Å². The predicted molar refractivity (Wildman–Crippen MR) is 342 cm³/mol. The largest absolute Gasteiger partial charge is 0.514 e. The molecule has 3 N–H and O–H groups in total. The van der Waals surface area contributed by atoms with Crippen molar-refractivity contribution in [3.05, 3.63) is 99.6 Å². The van der Waals surface area contributed by atoms with E-state index in [1.807, 2.05) is 0 Å². The molecule has 0 fully saturated rings. The van der Waals surface area contributed by atoms with Gasteiger partial charge in [0.15, 0.2) is 6.10 Å². The lowest BCUT2D eigenvalue weighted by atomic mass is 10.0. The fourth-order valence-electron chi connectivity index (χ4n) is 9.74. The molecule has 3 aromatic carbocycles. The molecule has 0 aromatic heterocycles. The highest BCUT2D eigenvalue weighted by molar-refractivity contribution is 7.47. The first kappa shape index (κ1) is 77.0. The van der Waals surface area contributed by atoms with Crippen LogP contribution in [-0.4, -0.2) is 78.2 Å². The SMILES string of the molecule is CCCCCCCCCCCCCCCCCC(=O)OC[C@H](COP(=O)(O)OCCNC(=O)CCCC(=O)NCc1ccc(C(=O)Oc2ccc(COC(=O)Oc3ccc([N+](=O)[O-])cc3)cc2)cc1)OC(=O)CCCCCCCCCCCCCCCCC. The molecule has 0 bridgehead atoms. The molecule has 0 aliphatic rings. The molecular formula is C68H104N3O17P. The van der Waals surface area contributed by atoms with Crippen LogP contribution in [0.3, 0.4) is 0 Å². The molecule has 0 aliphatic heterocycles. The summed E-state index contributed by atoms with van der Waals surface area (Å²) in [6, 6.07) is 17.6. The summed E-state index contributed by atoms with van der Waals surface area (Å²) in [6.45, 7) is 3.10. The van der Waals surface area contributed by atoms with Crippen molar-refractivity contribution in [3.8, 4) is 11.5 Å². The lowest BCUT2D eigenvalue weighted by Gasteiger charge is -2.20. The van der Waals surface area contributed by atoms with E-state index in [-0.39, 0.29) is 93.7 Å². The summed E-state index contributed by atoms with van der Waals surface area (Å²) in [5.74, 6) is -1.98. The quantitative estimate of drug-likeness (QED) is 0.00692. The highest BCUT2D eigenvalue weighted by Crippen LogP contribution is 2.43. The lowest BCUT2D eigenvalue weighted by Crippen LogP contribution is -2.30. The van der Waals surface area contributed by atoms with Gasteiger partial charge in [-0.3, -0.25) is 38.3 Å². The number of carbonyl (C=O) groups excluding carboxylic acids is 6. The Morgan fingerprint density at radius 3 is 1.43 bits per heavy atom. The second-order valence-corrected chi connectivity index (χ2v) is 24.3. The standard InChI is InChI=1S/C68H104N3O17P/c1-3-5-7-9-11-13-15-17-19-21-23-25-27-29-31-36-65(74)82-54-62(86-66(75)37-32-30-28-26-24-22-20-18-16-14-12-10-8-6-4-2)55-85-89(80,81)84-51-50-69-63(72)34-33-35-64(73)70-52-56-38-42-58(43-39-56)67(76)87-60-46-40-57(41-47-60)53-83-68(77)88-61-48-44-59(45-49-61)71(78)79/h38-49,62H,3-37,50-55H2,1-2H3,(H,69,72)(H,70,73)(H,80,81)/t62-/m1/s1. The van der Waals surface area contributed by atoms with Crippen molar-refractivity contribution in [2.45, 2.75) is 258 Å². The maximum absolute atomic E-state index is 12.9. The number of hydrogen-bond donors (Lipinski definition) is 3. The summed E-state index contributed by atoms with van der Waals surface area (Å²) in [7, 11) is -4.69. The Balaban J connectivity index is 1.30. The first-order chi connectivity index (χ1) is 43.2. The van der Waals surface area contributed by atoms with Crippen molar-refractivity contribution in [1.82, 2.24) is 10.6 Å². The second kappa shape index (κ2) is 49.6. The average Bonchev–Trinajstić information content (AvgIpc) is 3.69. The van der Waals surface area contributed by atoms with Crippen LogP contribution in [0.4, 0.5) is 10.5 Å². The number of unbranched alkanes of at least 4 members (excludes halogenated alkanes) is 28. The zero-order valence-corrected chi connectivity index (χ0v) is 54.3. The number of esters is 3. The maximum Gasteiger partial charge on any atom is 0.514 e. The summed E-state index contributed by atoms with van der Waals surface area (Å²) < 4.78 is 49.7. The Morgan fingerprint density at radius 1 is 0.494 bits per heavy atom. The number of nitrogens with one attached hydrogen (secondary N) is 2. The van der Waals surface area contributed by atoms with Crippen LogP contribution in [0.5, 0.6) is 11.5 Å². The van der Waals surface area contributed by atoms with Gasteiger partial charge in [0.25, 0.3) is 5.69 Å². The van der Waals surface area contributed by atoms with Crippen LogP contribution in [0, 0.1) is 10.1 Å². The van der Waals surface area contributed by atoms with E-state index in [0.29, 0.717) is 24.0 Å². The minimum atomic E-state index is -4.69. The molecule has 1 unspecified atom stereocenters. The molecule has 2 atom stereocenters. The molecule has 0 saturated carbocycles. The molecule has 0 aliphatic carbocycles. The van der Waals surface area contributed by atoms with Crippen LogP contribution in [0.25, 0.3) is 0 Å². The van der Waals surface area contributed by atoms with E-state index < -0.39 is 55.4 Å². The number of nitrogens with zero attached hydrogens (tertiary/aromatic N) is 1. The van der Waals surface area contributed by atoms with Gasteiger partial charge in [0.05, 0.1) is 23.7 Å². The van der Waals surface area contributed by atoms with Gasteiger partial charge in [-0.2, -0.15) is 0 Å². The molecule has 89 heavy (non-hydrogen) atoms. The number of nitro benzene ring substituents is 1. The molecule has 20 nitrogen and oxygen atoms in total. The topological polar surface area (TPSA) is 272 Å². The third-order valence-corrected chi connectivity index (χ3v) is 16.0. The molecule has 3 rings (SSSR count). The molecule has 0 spiro atoms. The van der Waals surface area contributed by atoms with Gasteiger partial charge in [0, 0.05) is 50.9 Å². The van der Waals surface area contributed by atoms with Crippen molar-refractivity contribution in [3.63, 3.8) is 0 Å². The first-order valence-electron chi connectivity index (χ1n) is 33.2. The van der Waals surface area contributed by atoms with Crippen LogP contribution in [-0.2, 0) is 60.2 Å². The summed E-state index contributed by atoms with van der Waals surface area (Å²) in [5.41, 5.74) is 1.39. The summed E-state index contributed by atoms with van der Waals surface area (Å²) >= 11 is 0. The van der Waals surface area contributed by atoms with E-state index in [1.165, 1.54) is 178 Å². The lowest BCUT2D eigenvalue weighted by molar-refractivity contribution is -0.384. The minimum absolute atomic E-state index is 0.000603. The monoisotopic (exact) mass is 1270 g/mol. The fraction of sp³-hybridized carbons (Fsp3) is 0.647. The van der Waals surface area contributed by atoms with Gasteiger partial charge >= 0.3 is 31.9 Å². The van der Waals surface area contributed by atoms with Crippen molar-refractivity contribution >= 4 is 49.4 Å². The third-order valence-electron chi connectivity index (χ3n) is 15.0. The van der Waals surface area contributed by atoms with Gasteiger partial charge in [-0.05, 0) is 66.8 Å². The van der Waals surface area contributed by atoms with E-state index in [9.17, 15) is 48.3 Å². The molecular weight excluding hydrogens is 1160 g/mol. The van der Waals surface area contributed by atoms with Crippen LogP contribution >= 0.6 is 7.82 Å². The van der Waals surface area contributed by atoms with Gasteiger partial charge in [-0.25, -0.2) is 14.2 Å². The second-order valence-electron chi connectivity index (χ2n) is 22.9. The smallest absolute Gasteiger partial charge is 0.462 e. The van der Waals surface area contributed by atoms with Gasteiger partial charge in [0.2, 0.25) is 11.8 Å². The van der Waals surface area contributed by atoms with Crippen molar-refractivity contribution in [1.29, 1.82) is 0 Å². The van der Waals surface area contributed by atoms with E-state index in [1.54, 1.807) is 36.4 Å². The zero-order chi connectivity index (χ0) is 64.4. The molecule has 0 radical (unpaired) electrons. The molecule has 21 heteroatoms. The van der Waals surface area contributed by atoms with Gasteiger partial charge in [-0.1, -0.05) is 218 Å². The Bertz CT molecular complexity index is 2480. The number of benzene rings is 3. The highest BCUT2D eigenvalue weighted by Gasteiger charge is 2.26. The van der Waals surface area contributed by atoms with E-state index in [4.69, 9.17) is 32.7 Å². The molecule has 498 valence electrons. The number of carbonyl (C=O) groups is 6. The Hall–Kier alpha value is -6.21. The molecule has 0 saturated heterocycles. The summed E-state index contributed by atoms with van der Waals surface area (Å²) in [6.07, 6.45) is 34.5. The molecule has 0 heterocycles. The number of amides is 2. The summed E-state index contributed by atoms with van der Waals surface area (Å²) in [4.78, 5) is 96.3. The fourth-order valence-corrected chi connectivity index (χ4v) is 10.5. The first-order valence-corrected chi connectivity index (χ1v) is 34.6. The van der Waals surface area contributed by atoms with Crippen molar-refractivity contribution in [2.24, 2.45) is 0 Å². The van der Waals surface area contributed by atoms with Crippen molar-refractivity contribution in [2.75, 3.05) is 26.4 Å². The van der Waals surface area contributed by atoms with Crippen LogP contribution in [0.2, 0.25) is 0 Å². The van der Waals surface area contributed by atoms with Gasteiger partial charge in [0.1, 0.15) is 24.7 Å². The van der Waals surface area contributed by atoms with Crippen LogP contribution < -0.4 is 20.1 Å². The predicted octanol–water partition coefficient (Wildman–Crippen LogP) is 16.5. The van der Waals surface area contributed by atoms with Gasteiger partial charge < -0.3 is 39.2 Å². The highest BCUT2D eigenvalue weighted by atomic mass is 31.2. The van der Waals surface area contributed by atoms with Crippen LogP contribution in [0.15, 0.2) is 72.8 Å².